The molecule has 0 aromatic heterocycles. The Morgan fingerprint density at radius 1 is 1.35 bits per heavy atom. The fraction of sp³-hybridized carbons (Fsp3) is 0.562. The molecule has 0 bridgehead atoms. The van der Waals surface area contributed by atoms with E-state index in [2.05, 4.69) is 41.8 Å². The molecule has 1 aliphatic heterocycles. The molecule has 1 aromatic rings. The number of carbonyl (C=O) groups is 1. The van der Waals surface area contributed by atoms with Gasteiger partial charge in [0, 0.05) is 6.04 Å². The van der Waals surface area contributed by atoms with Crippen LogP contribution in [0.2, 0.25) is 0 Å². The van der Waals surface area contributed by atoms with Gasteiger partial charge < -0.3 is 10.6 Å². The molecule has 20 heavy (non-hydrogen) atoms. The Hall–Kier alpha value is -1.06. The van der Waals surface area contributed by atoms with Gasteiger partial charge in [-0.2, -0.15) is 0 Å². The van der Waals surface area contributed by atoms with Crippen LogP contribution in [0.1, 0.15) is 38.2 Å². The van der Waals surface area contributed by atoms with Gasteiger partial charge in [0.25, 0.3) is 0 Å². The maximum atomic E-state index is 12.0. The smallest absolute Gasteiger partial charge is 0.237 e. The minimum atomic E-state index is 0. The topological polar surface area (TPSA) is 41.1 Å². The summed E-state index contributed by atoms with van der Waals surface area (Å²) < 4.78 is 0. The second-order valence-corrected chi connectivity index (χ2v) is 5.44. The lowest BCUT2D eigenvalue weighted by atomic mass is 10.0. The molecule has 2 N–H and O–H groups in total. The third-order valence-corrected chi connectivity index (χ3v) is 3.72. The minimum Gasteiger partial charge on any atom is -0.352 e. The lowest BCUT2D eigenvalue weighted by molar-refractivity contribution is -0.124. The summed E-state index contributed by atoms with van der Waals surface area (Å²) in [6, 6.07) is 10.7. The van der Waals surface area contributed by atoms with Gasteiger partial charge in [-0.25, -0.2) is 0 Å². The van der Waals surface area contributed by atoms with Crippen LogP contribution in [0.3, 0.4) is 0 Å². The molecular weight excluding hydrogens is 272 g/mol. The lowest BCUT2D eigenvalue weighted by Crippen LogP contribution is -2.49. The number of carbonyl (C=O) groups excluding carboxylic acids is 1. The summed E-state index contributed by atoms with van der Waals surface area (Å²) in [6.45, 7) is 3.06. The van der Waals surface area contributed by atoms with Crippen LogP contribution in [0.5, 0.6) is 0 Å². The van der Waals surface area contributed by atoms with Gasteiger partial charge in [0.1, 0.15) is 0 Å². The summed E-state index contributed by atoms with van der Waals surface area (Å²) in [5.74, 6) is 0.167. The number of amides is 1. The highest BCUT2D eigenvalue weighted by atomic mass is 35.5. The van der Waals surface area contributed by atoms with E-state index in [4.69, 9.17) is 0 Å². The van der Waals surface area contributed by atoms with Crippen molar-refractivity contribution in [2.75, 3.05) is 6.54 Å². The Kier molecular flexibility index (Phi) is 7.63. The van der Waals surface area contributed by atoms with E-state index >= 15 is 0 Å². The number of piperidine rings is 1. The van der Waals surface area contributed by atoms with Crippen LogP contribution in [0.4, 0.5) is 0 Å². The molecule has 1 saturated heterocycles. The predicted molar refractivity (Wildman–Crippen MR) is 85.3 cm³/mol. The average molecular weight is 297 g/mol. The highest BCUT2D eigenvalue weighted by Gasteiger charge is 2.21. The van der Waals surface area contributed by atoms with Gasteiger partial charge in [0.2, 0.25) is 5.91 Å². The third kappa shape index (κ3) is 5.51. The second-order valence-electron chi connectivity index (χ2n) is 5.44. The van der Waals surface area contributed by atoms with Crippen molar-refractivity contribution in [1.29, 1.82) is 0 Å². The molecule has 1 fully saturated rings. The van der Waals surface area contributed by atoms with Crippen LogP contribution < -0.4 is 10.6 Å². The van der Waals surface area contributed by atoms with Crippen molar-refractivity contribution < 1.29 is 4.79 Å². The molecule has 0 saturated carbocycles. The first-order valence-electron chi connectivity index (χ1n) is 7.33. The summed E-state index contributed by atoms with van der Waals surface area (Å²) >= 11 is 0. The summed E-state index contributed by atoms with van der Waals surface area (Å²) in [4.78, 5) is 12.0. The minimum absolute atomic E-state index is 0. The highest BCUT2D eigenvalue weighted by molar-refractivity contribution is 5.85. The van der Waals surface area contributed by atoms with Crippen molar-refractivity contribution in [1.82, 2.24) is 10.6 Å². The lowest BCUT2D eigenvalue weighted by Gasteiger charge is -2.24. The monoisotopic (exact) mass is 296 g/mol. The molecule has 0 radical (unpaired) electrons. The summed E-state index contributed by atoms with van der Waals surface area (Å²) in [7, 11) is 0. The molecule has 1 amide bonds. The fourth-order valence-electron chi connectivity index (χ4n) is 2.52. The predicted octanol–water partition coefficient (Wildman–Crippen LogP) is 2.69. The van der Waals surface area contributed by atoms with Crippen molar-refractivity contribution in [3.63, 3.8) is 0 Å². The van der Waals surface area contributed by atoms with Crippen molar-refractivity contribution in [2.45, 2.75) is 51.1 Å². The zero-order chi connectivity index (χ0) is 13.5. The van der Waals surface area contributed by atoms with E-state index in [1.165, 1.54) is 12.0 Å². The summed E-state index contributed by atoms with van der Waals surface area (Å²) in [5, 5.41) is 6.40. The number of hydrogen-bond acceptors (Lipinski definition) is 2. The Labute approximate surface area is 127 Å². The first kappa shape index (κ1) is 17.0. The van der Waals surface area contributed by atoms with Crippen LogP contribution in [0.15, 0.2) is 30.3 Å². The Morgan fingerprint density at radius 2 is 2.10 bits per heavy atom. The largest absolute Gasteiger partial charge is 0.352 e. The molecule has 1 aliphatic rings. The van der Waals surface area contributed by atoms with E-state index in [9.17, 15) is 4.79 Å². The molecule has 1 aromatic carbocycles. The van der Waals surface area contributed by atoms with Gasteiger partial charge in [0.05, 0.1) is 6.04 Å². The van der Waals surface area contributed by atoms with E-state index in [1.807, 2.05) is 6.07 Å². The molecule has 0 spiro atoms. The van der Waals surface area contributed by atoms with Gasteiger partial charge in [-0.05, 0) is 44.7 Å². The van der Waals surface area contributed by atoms with Gasteiger partial charge >= 0.3 is 0 Å². The third-order valence-electron chi connectivity index (χ3n) is 3.72. The number of halogens is 1. The number of nitrogens with one attached hydrogen (secondary N) is 2. The van der Waals surface area contributed by atoms with Crippen LogP contribution >= 0.6 is 12.4 Å². The molecule has 0 aliphatic carbocycles. The number of benzene rings is 1. The van der Waals surface area contributed by atoms with Crippen LogP contribution in [-0.4, -0.2) is 24.5 Å². The van der Waals surface area contributed by atoms with Crippen molar-refractivity contribution in [2.24, 2.45) is 0 Å². The molecule has 2 rings (SSSR count). The van der Waals surface area contributed by atoms with Crippen molar-refractivity contribution in [3.8, 4) is 0 Å². The van der Waals surface area contributed by atoms with Crippen LogP contribution in [0, 0.1) is 0 Å². The second kappa shape index (κ2) is 8.98. The normalized spacial score (nSPS) is 19.8. The number of aryl methyl sites for hydroxylation is 1. The van der Waals surface area contributed by atoms with Crippen molar-refractivity contribution >= 4 is 18.3 Å². The van der Waals surface area contributed by atoms with Gasteiger partial charge in [-0.3, -0.25) is 4.79 Å². The van der Waals surface area contributed by atoms with Gasteiger partial charge in [-0.1, -0.05) is 36.8 Å². The maximum absolute atomic E-state index is 12.0. The fourth-order valence-corrected chi connectivity index (χ4v) is 2.52. The van der Waals surface area contributed by atoms with Crippen molar-refractivity contribution in [3.05, 3.63) is 35.9 Å². The van der Waals surface area contributed by atoms with Crippen LogP contribution in [-0.2, 0) is 11.2 Å². The summed E-state index contributed by atoms with van der Waals surface area (Å²) in [5.41, 5.74) is 1.33. The average Bonchev–Trinajstić information content (AvgIpc) is 2.47. The standard InChI is InChI=1S/C16H24N2O.ClH/c1-13(10-11-14-7-3-2-4-8-14)18-16(19)15-9-5-6-12-17-15;/h2-4,7-8,13,15,17H,5-6,9-12H2,1H3,(H,18,19);1H. The molecule has 2 unspecified atom stereocenters. The van der Waals surface area contributed by atoms with E-state index in [-0.39, 0.29) is 30.4 Å². The molecule has 2 atom stereocenters. The Balaban J connectivity index is 0.00000200. The van der Waals surface area contributed by atoms with Gasteiger partial charge in [0.15, 0.2) is 0 Å². The molecule has 112 valence electrons. The molecule has 3 nitrogen and oxygen atoms in total. The quantitative estimate of drug-likeness (QED) is 0.877. The molecular formula is C16H25ClN2O. The van der Waals surface area contributed by atoms with E-state index in [1.54, 1.807) is 0 Å². The molecule has 4 heteroatoms. The first-order chi connectivity index (χ1) is 9.25. The van der Waals surface area contributed by atoms with Crippen LogP contribution in [0.25, 0.3) is 0 Å². The SMILES string of the molecule is CC(CCc1ccccc1)NC(=O)C1CCCCN1.Cl. The first-order valence-corrected chi connectivity index (χ1v) is 7.33. The highest BCUT2D eigenvalue weighted by Crippen LogP contribution is 2.08. The molecule has 1 heterocycles. The summed E-state index contributed by atoms with van der Waals surface area (Å²) in [6.07, 6.45) is 5.32. The Bertz CT molecular complexity index is 391. The maximum Gasteiger partial charge on any atom is 0.237 e. The zero-order valence-electron chi connectivity index (χ0n) is 12.1. The Morgan fingerprint density at radius 3 is 2.75 bits per heavy atom. The van der Waals surface area contributed by atoms with Gasteiger partial charge in [-0.15, -0.1) is 12.4 Å². The number of hydrogen-bond donors (Lipinski definition) is 2. The zero-order valence-corrected chi connectivity index (χ0v) is 12.9. The number of rotatable bonds is 5. The van der Waals surface area contributed by atoms with E-state index in [0.717, 1.165) is 32.2 Å². The van der Waals surface area contributed by atoms with E-state index < -0.39 is 0 Å². The van der Waals surface area contributed by atoms with E-state index in [0.29, 0.717) is 0 Å².